The first-order valence-corrected chi connectivity index (χ1v) is 10.6. The van der Waals surface area contributed by atoms with Crippen molar-refractivity contribution in [2.24, 2.45) is 5.10 Å². The average molecular weight is 420 g/mol. The summed E-state index contributed by atoms with van der Waals surface area (Å²) < 4.78 is 35.9. The second-order valence-electron chi connectivity index (χ2n) is 6.47. The zero-order valence-electron chi connectivity index (χ0n) is 17.1. The summed E-state index contributed by atoms with van der Waals surface area (Å²) in [5.74, 6) is 0.541. The van der Waals surface area contributed by atoms with Crippen molar-refractivity contribution >= 4 is 27.8 Å². The lowest BCUT2D eigenvalue weighted by Gasteiger charge is -2.23. The lowest BCUT2D eigenvalue weighted by molar-refractivity contribution is -0.119. The second kappa shape index (κ2) is 9.42. The molecule has 0 radical (unpaired) electrons. The first kappa shape index (κ1) is 22.2. The molecule has 0 aliphatic rings. The highest BCUT2D eigenvalue weighted by atomic mass is 32.2. The van der Waals surface area contributed by atoms with E-state index in [1.807, 2.05) is 13.0 Å². The number of hydrazone groups is 1. The summed E-state index contributed by atoms with van der Waals surface area (Å²) in [7, 11) is -0.594. The Morgan fingerprint density at radius 3 is 2.38 bits per heavy atom. The van der Waals surface area contributed by atoms with Crippen molar-refractivity contribution < 1.29 is 22.7 Å². The van der Waals surface area contributed by atoms with Crippen LogP contribution in [-0.2, 0) is 14.8 Å². The number of aryl methyl sites for hydroxylation is 2. The van der Waals surface area contributed by atoms with Gasteiger partial charge in [-0.05, 0) is 49.2 Å². The molecular weight excluding hydrogens is 394 g/mol. The molecule has 0 saturated heterocycles. The van der Waals surface area contributed by atoms with Gasteiger partial charge >= 0.3 is 0 Å². The van der Waals surface area contributed by atoms with Crippen LogP contribution in [0, 0.1) is 13.8 Å². The first-order chi connectivity index (χ1) is 13.7. The fourth-order valence-corrected chi connectivity index (χ4v) is 3.66. The number of nitrogens with one attached hydrogen (secondary N) is 1. The van der Waals surface area contributed by atoms with Gasteiger partial charge in [-0.15, -0.1) is 0 Å². The zero-order valence-corrected chi connectivity index (χ0v) is 17.9. The highest BCUT2D eigenvalue weighted by Gasteiger charge is 2.22. The molecule has 2 rings (SSSR count). The topological polar surface area (TPSA) is 97.3 Å². The van der Waals surface area contributed by atoms with Crippen LogP contribution < -0.4 is 19.2 Å². The van der Waals surface area contributed by atoms with Crippen molar-refractivity contribution in [1.29, 1.82) is 0 Å². The molecule has 8 nitrogen and oxygen atoms in total. The van der Waals surface area contributed by atoms with Crippen molar-refractivity contribution in [2.75, 3.05) is 31.3 Å². The van der Waals surface area contributed by atoms with Crippen LogP contribution in [0.1, 0.15) is 16.7 Å². The fourth-order valence-electron chi connectivity index (χ4n) is 2.74. The highest BCUT2D eigenvalue weighted by Crippen LogP contribution is 2.27. The molecule has 2 aromatic rings. The Morgan fingerprint density at radius 2 is 1.79 bits per heavy atom. The molecule has 0 aliphatic carbocycles. The number of hydrogen-bond donors (Lipinski definition) is 1. The van der Waals surface area contributed by atoms with E-state index in [0.29, 0.717) is 22.7 Å². The minimum Gasteiger partial charge on any atom is -0.493 e. The molecule has 1 N–H and O–H groups in total. The molecule has 29 heavy (non-hydrogen) atoms. The Hall–Kier alpha value is -3.07. The van der Waals surface area contributed by atoms with Crippen LogP contribution in [0.15, 0.2) is 41.5 Å². The number of carbonyl (C=O) groups is 1. The number of carbonyl (C=O) groups excluding carboxylic acids is 1. The molecule has 156 valence electrons. The second-order valence-corrected chi connectivity index (χ2v) is 8.37. The molecule has 0 atom stereocenters. The number of anilines is 1. The molecule has 0 unspecified atom stereocenters. The number of rotatable bonds is 8. The van der Waals surface area contributed by atoms with E-state index >= 15 is 0 Å². The fraction of sp³-hybridized carbons (Fsp3) is 0.300. The van der Waals surface area contributed by atoms with Crippen molar-refractivity contribution in [2.45, 2.75) is 13.8 Å². The van der Waals surface area contributed by atoms with Crippen LogP contribution in [0.5, 0.6) is 11.5 Å². The maximum absolute atomic E-state index is 12.3. The number of hydrogen-bond acceptors (Lipinski definition) is 6. The van der Waals surface area contributed by atoms with Crippen LogP contribution in [0.4, 0.5) is 5.69 Å². The van der Waals surface area contributed by atoms with E-state index in [0.717, 1.165) is 21.7 Å². The number of benzene rings is 2. The third-order valence-electron chi connectivity index (χ3n) is 4.12. The summed E-state index contributed by atoms with van der Waals surface area (Å²) in [6, 6.07) is 10.5. The van der Waals surface area contributed by atoms with Crippen LogP contribution >= 0.6 is 0 Å². The Kier molecular flexibility index (Phi) is 7.22. The predicted octanol–water partition coefficient (Wildman–Crippen LogP) is 2.24. The summed E-state index contributed by atoms with van der Waals surface area (Å²) >= 11 is 0. The minimum absolute atomic E-state index is 0.383. The van der Waals surface area contributed by atoms with Crippen molar-refractivity contribution in [1.82, 2.24) is 5.43 Å². The normalized spacial score (nSPS) is 11.3. The quantitative estimate of drug-likeness (QED) is 0.523. The monoisotopic (exact) mass is 419 g/mol. The predicted molar refractivity (Wildman–Crippen MR) is 113 cm³/mol. The summed E-state index contributed by atoms with van der Waals surface area (Å²) in [5, 5.41) is 3.90. The molecule has 0 spiro atoms. The Balaban J connectivity index is 2.12. The lowest BCUT2D eigenvalue weighted by Crippen LogP contribution is -2.39. The van der Waals surface area contributed by atoms with Gasteiger partial charge in [-0.2, -0.15) is 5.10 Å². The maximum Gasteiger partial charge on any atom is 0.260 e. The van der Waals surface area contributed by atoms with Crippen LogP contribution in [0.3, 0.4) is 0 Å². The first-order valence-electron chi connectivity index (χ1n) is 8.74. The van der Waals surface area contributed by atoms with Crippen LogP contribution in [0.25, 0.3) is 0 Å². The third kappa shape index (κ3) is 5.95. The summed E-state index contributed by atoms with van der Waals surface area (Å²) in [6.45, 7) is 3.33. The number of ether oxygens (including phenoxy) is 2. The van der Waals surface area contributed by atoms with Crippen molar-refractivity contribution in [3.8, 4) is 11.5 Å². The van der Waals surface area contributed by atoms with Gasteiger partial charge in [-0.1, -0.05) is 17.7 Å². The van der Waals surface area contributed by atoms with Gasteiger partial charge in [0, 0.05) is 0 Å². The van der Waals surface area contributed by atoms with E-state index in [1.54, 1.807) is 37.3 Å². The summed E-state index contributed by atoms with van der Waals surface area (Å²) in [6.07, 6.45) is 2.49. The Bertz CT molecular complexity index is 1020. The molecule has 2 aromatic carbocycles. The smallest absolute Gasteiger partial charge is 0.260 e. The molecule has 0 heterocycles. The molecule has 0 saturated carbocycles. The van der Waals surface area contributed by atoms with E-state index in [1.165, 1.54) is 20.4 Å². The highest BCUT2D eigenvalue weighted by molar-refractivity contribution is 7.92. The Labute approximate surface area is 171 Å². The SMILES string of the molecule is COc1ccc(/C=N\NC(=O)CN(c2ccc(C)cc2C)S(C)(=O)=O)cc1OC. The van der Waals surface area contributed by atoms with E-state index in [2.05, 4.69) is 10.5 Å². The van der Waals surface area contributed by atoms with Gasteiger partial charge in [0.1, 0.15) is 6.54 Å². The largest absolute Gasteiger partial charge is 0.493 e. The van der Waals surface area contributed by atoms with Crippen molar-refractivity contribution in [3.05, 3.63) is 53.1 Å². The van der Waals surface area contributed by atoms with Gasteiger partial charge in [0.05, 0.1) is 32.4 Å². The van der Waals surface area contributed by atoms with E-state index in [4.69, 9.17) is 9.47 Å². The number of sulfonamides is 1. The van der Waals surface area contributed by atoms with Crippen LogP contribution in [-0.4, -0.2) is 47.6 Å². The lowest BCUT2D eigenvalue weighted by atomic mass is 10.1. The average Bonchev–Trinajstić information content (AvgIpc) is 2.65. The minimum atomic E-state index is -3.65. The number of nitrogens with zero attached hydrogens (tertiary/aromatic N) is 2. The van der Waals surface area contributed by atoms with E-state index in [-0.39, 0.29) is 6.54 Å². The molecule has 9 heteroatoms. The maximum atomic E-state index is 12.3. The summed E-state index contributed by atoms with van der Waals surface area (Å²) in [4.78, 5) is 12.3. The molecular formula is C20H25N3O5S. The van der Waals surface area contributed by atoms with Gasteiger partial charge in [-0.3, -0.25) is 9.10 Å². The molecule has 0 aromatic heterocycles. The van der Waals surface area contributed by atoms with Crippen LogP contribution in [0.2, 0.25) is 0 Å². The van der Waals surface area contributed by atoms with Gasteiger partial charge in [0.2, 0.25) is 10.0 Å². The zero-order chi connectivity index (χ0) is 21.6. The summed E-state index contributed by atoms with van der Waals surface area (Å²) in [5.41, 5.74) is 5.25. The Morgan fingerprint density at radius 1 is 1.10 bits per heavy atom. The van der Waals surface area contributed by atoms with Gasteiger partial charge in [0.25, 0.3) is 5.91 Å². The number of methoxy groups -OCH3 is 2. The van der Waals surface area contributed by atoms with Crippen molar-refractivity contribution in [3.63, 3.8) is 0 Å². The molecule has 0 bridgehead atoms. The molecule has 1 amide bonds. The van der Waals surface area contributed by atoms with Gasteiger partial charge in [-0.25, -0.2) is 13.8 Å². The van der Waals surface area contributed by atoms with Gasteiger partial charge in [0.15, 0.2) is 11.5 Å². The van der Waals surface area contributed by atoms with E-state index < -0.39 is 15.9 Å². The number of amides is 1. The van der Waals surface area contributed by atoms with Gasteiger partial charge < -0.3 is 9.47 Å². The standard InChI is InChI=1S/C20H25N3O5S/c1-14-6-8-17(15(2)10-14)23(29(5,25)26)13-20(24)22-21-12-16-7-9-18(27-3)19(11-16)28-4/h6-12H,13H2,1-5H3,(H,22,24)/b21-12-. The van der Waals surface area contributed by atoms with E-state index in [9.17, 15) is 13.2 Å². The molecule has 0 fully saturated rings. The third-order valence-corrected chi connectivity index (χ3v) is 5.25. The molecule has 0 aliphatic heterocycles.